The van der Waals surface area contributed by atoms with Gasteiger partial charge in [-0.2, -0.15) is 0 Å². The number of hydrogen-bond acceptors (Lipinski definition) is 5. The Hall–Kier alpha value is -3.90. The molecule has 0 aliphatic carbocycles. The third-order valence-corrected chi connectivity index (χ3v) is 6.10. The number of amides is 1. The van der Waals surface area contributed by atoms with Gasteiger partial charge in [0.2, 0.25) is 0 Å². The minimum Gasteiger partial charge on any atom is -0.496 e. The van der Waals surface area contributed by atoms with E-state index in [4.69, 9.17) is 14.5 Å². The number of aromatic nitrogens is 1. The number of para-hydroxylation sites is 1. The molecular weight excluding hydrogens is 426 g/mol. The Morgan fingerprint density at radius 2 is 1.76 bits per heavy atom. The van der Waals surface area contributed by atoms with Crippen molar-refractivity contribution in [3.05, 3.63) is 83.9 Å². The summed E-state index contributed by atoms with van der Waals surface area (Å²) in [5.41, 5.74) is 6.41. The van der Waals surface area contributed by atoms with Gasteiger partial charge in [-0.1, -0.05) is 42.0 Å². The summed E-state index contributed by atoms with van der Waals surface area (Å²) in [7, 11) is 1.56. The number of benzene rings is 3. The Balaban J connectivity index is 1.55. The summed E-state index contributed by atoms with van der Waals surface area (Å²) < 4.78 is 10.9. The first-order valence-corrected chi connectivity index (χ1v) is 11.4. The molecule has 34 heavy (non-hydrogen) atoms. The molecule has 0 radical (unpaired) electrons. The smallest absolute Gasteiger partial charge is 0.259 e. The summed E-state index contributed by atoms with van der Waals surface area (Å²) >= 11 is 0. The summed E-state index contributed by atoms with van der Waals surface area (Å²) in [4.78, 5) is 20.2. The van der Waals surface area contributed by atoms with Crippen molar-refractivity contribution in [1.82, 2.24) is 4.98 Å². The number of ether oxygens (including phenoxy) is 2. The van der Waals surface area contributed by atoms with Crippen LogP contribution in [0, 0.1) is 6.92 Å². The van der Waals surface area contributed by atoms with E-state index in [1.165, 1.54) is 5.56 Å². The normalized spacial score (nSPS) is 13.6. The molecule has 0 saturated carbocycles. The number of morpholine rings is 1. The number of nitrogens with zero attached hydrogens (tertiary/aromatic N) is 2. The van der Waals surface area contributed by atoms with Crippen LogP contribution in [0.15, 0.2) is 72.8 Å². The molecule has 1 amide bonds. The Morgan fingerprint density at radius 1 is 1.00 bits per heavy atom. The molecule has 2 heterocycles. The van der Waals surface area contributed by atoms with Gasteiger partial charge in [0.05, 0.1) is 37.1 Å². The van der Waals surface area contributed by atoms with Crippen molar-refractivity contribution in [2.24, 2.45) is 0 Å². The molecule has 5 rings (SSSR count). The summed E-state index contributed by atoms with van der Waals surface area (Å²) in [6, 6.07) is 23.6. The highest BCUT2D eigenvalue weighted by Crippen LogP contribution is 2.33. The van der Waals surface area contributed by atoms with Crippen molar-refractivity contribution in [1.29, 1.82) is 0 Å². The molecule has 1 aliphatic rings. The average Bonchev–Trinajstić information content (AvgIpc) is 2.89. The van der Waals surface area contributed by atoms with Crippen molar-refractivity contribution in [3.8, 4) is 17.0 Å². The van der Waals surface area contributed by atoms with Crippen LogP contribution in [0.25, 0.3) is 22.2 Å². The molecule has 1 aliphatic heterocycles. The number of nitrogens with one attached hydrogen (secondary N) is 1. The number of rotatable bonds is 5. The Kier molecular flexibility index (Phi) is 6.14. The first kappa shape index (κ1) is 21.9. The lowest BCUT2D eigenvalue weighted by atomic mass is 10.0. The number of fused-ring (bicyclic) bond motifs is 1. The van der Waals surface area contributed by atoms with Crippen LogP contribution < -0.4 is 15.0 Å². The number of aryl methyl sites for hydroxylation is 1. The van der Waals surface area contributed by atoms with Crippen LogP contribution in [0.2, 0.25) is 0 Å². The Bertz CT molecular complexity index is 1330. The molecule has 1 fully saturated rings. The molecule has 0 unspecified atom stereocenters. The SMILES string of the molecule is COc1ccccc1C(=O)Nc1ccc2nc(-c3ccc(C)cc3)cc(N3CCOCC3)c2c1. The van der Waals surface area contributed by atoms with Crippen molar-refractivity contribution >= 4 is 28.2 Å². The molecule has 1 N–H and O–H groups in total. The van der Waals surface area contributed by atoms with Crippen molar-refractivity contribution < 1.29 is 14.3 Å². The zero-order valence-corrected chi connectivity index (χ0v) is 19.4. The largest absolute Gasteiger partial charge is 0.496 e. The van der Waals surface area contributed by atoms with E-state index in [1.807, 2.05) is 30.3 Å². The minimum atomic E-state index is -0.214. The Morgan fingerprint density at radius 3 is 2.53 bits per heavy atom. The van der Waals surface area contributed by atoms with Gasteiger partial charge in [-0.25, -0.2) is 4.98 Å². The van der Waals surface area contributed by atoms with Crippen LogP contribution in [0.4, 0.5) is 11.4 Å². The van der Waals surface area contributed by atoms with E-state index in [1.54, 1.807) is 19.2 Å². The first-order chi connectivity index (χ1) is 16.6. The number of carbonyl (C=O) groups is 1. The number of carbonyl (C=O) groups excluding carboxylic acids is 1. The highest BCUT2D eigenvalue weighted by molar-refractivity contribution is 6.07. The van der Waals surface area contributed by atoms with Crippen LogP contribution in [-0.4, -0.2) is 44.3 Å². The van der Waals surface area contributed by atoms with Crippen LogP contribution in [0.3, 0.4) is 0 Å². The minimum absolute atomic E-state index is 0.214. The van der Waals surface area contributed by atoms with Crippen molar-refractivity contribution in [3.63, 3.8) is 0 Å². The predicted molar refractivity (Wildman–Crippen MR) is 136 cm³/mol. The van der Waals surface area contributed by atoms with Gasteiger partial charge in [0.25, 0.3) is 5.91 Å². The fraction of sp³-hybridized carbons (Fsp3) is 0.214. The van der Waals surface area contributed by atoms with Crippen LogP contribution in [0.5, 0.6) is 5.75 Å². The number of hydrogen-bond donors (Lipinski definition) is 1. The zero-order chi connectivity index (χ0) is 23.5. The molecule has 6 nitrogen and oxygen atoms in total. The molecular formula is C28H27N3O3. The van der Waals surface area contributed by atoms with Gasteiger partial charge in [-0.15, -0.1) is 0 Å². The molecule has 0 spiro atoms. The van der Waals surface area contributed by atoms with Gasteiger partial charge in [0.15, 0.2) is 0 Å². The van der Waals surface area contributed by atoms with Gasteiger partial charge in [-0.3, -0.25) is 4.79 Å². The molecule has 3 aromatic carbocycles. The first-order valence-electron chi connectivity index (χ1n) is 11.4. The van der Waals surface area contributed by atoms with E-state index in [-0.39, 0.29) is 5.91 Å². The molecule has 1 saturated heterocycles. The second-order valence-electron chi connectivity index (χ2n) is 8.38. The number of anilines is 2. The highest BCUT2D eigenvalue weighted by atomic mass is 16.5. The average molecular weight is 454 g/mol. The topological polar surface area (TPSA) is 63.7 Å². The molecule has 1 aromatic heterocycles. The molecule has 0 atom stereocenters. The molecule has 6 heteroatoms. The van der Waals surface area contributed by atoms with E-state index in [0.29, 0.717) is 30.2 Å². The van der Waals surface area contributed by atoms with Crippen molar-refractivity contribution in [2.75, 3.05) is 43.6 Å². The van der Waals surface area contributed by atoms with Crippen molar-refractivity contribution in [2.45, 2.75) is 6.92 Å². The lowest BCUT2D eigenvalue weighted by Gasteiger charge is -2.30. The third kappa shape index (κ3) is 4.45. The third-order valence-electron chi connectivity index (χ3n) is 6.10. The molecule has 4 aromatic rings. The number of methoxy groups -OCH3 is 1. The van der Waals surface area contributed by atoms with Crippen LogP contribution >= 0.6 is 0 Å². The van der Waals surface area contributed by atoms with E-state index < -0.39 is 0 Å². The van der Waals surface area contributed by atoms with Crippen LogP contribution in [-0.2, 0) is 4.74 Å². The summed E-state index contributed by atoms with van der Waals surface area (Å²) in [5, 5.41) is 4.01. The second-order valence-corrected chi connectivity index (χ2v) is 8.38. The fourth-order valence-corrected chi connectivity index (χ4v) is 4.25. The van der Waals surface area contributed by atoms with E-state index in [0.717, 1.165) is 40.9 Å². The lowest BCUT2D eigenvalue weighted by Crippen LogP contribution is -2.36. The maximum atomic E-state index is 12.9. The highest BCUT2D eigenvalue weighted by Gasteiger charge is 2.18. The Labute approximate surface area is 199 Å². The monoisotopic (exact) mass is 453 g/mol. The standard InChI is InChI=1S/C28H27N3O3/c1-19-7-9-20(10-8-19)25-18-26(31-13-15-34-16-14-31)23-17-21(11-12-24(23)30-25)29-28(32)22-5-3-4-6-27(22)33-2/h3-12,17-18H,13-16H2,1-2H3,(H,29,32). The number of pyridine rings is 1. The van der Waals surface area contributed by atoms with E-state index in [2.05, 4.69) is 47.5 Å². The van der Waals surface area contributed by atoms with Gasteiger partial charge in [-0.05, 0) is 43.3 Å². The van der Waals surface area contributed by atoms with Gasteiger partial charge in [0, 0.05) is 35.4 Å². The van der Waals surface area contributed by atoms with E-state index >= 15 is 0 Å². The quantitative estimate of drug-likeness (QED) is 0.444. The van der Waals surface area contributed by atoms with Crippen LogP contribution in [0.1, 0.15) is 15.9 Å². The van der Waals surface area contributed by atoms with E-state index in [9.17, 15) is 4.79 Å². The fourth-order valence-electron chi connectivity index (χ4n) is 4.25. The zero-order valence-electron chi connectivity index (χ0n) is 19.4. The second kappa shape index (κ2) is 9.53. The predicted octanol–water partition coefficient (Wildman–Crippen LogP) is 5.31. The van der Waals surface area contributed by atoms with Gasteiger partial charge in [0.1, 0.15) is 5.75 Å². The van der Waals surface area contributed by atoms with Gasteiger partial charge < -0.3 is 19.7 Å². The summed E-state index contributed by atoms with van der Waals surface area (Å²) in [6.45, 7) is 5.08. The summed E-state index contributed by atoms with van der Waals surface area (Å²) in [6.07, 6.45) is 0. The maximum absolute atomic E-state index is 12.9. The maximum Gasteiger partial charge on any atom is 0.259 e. The summed E-state index contributed by atoms with van der Waals surface area (Å²) in [5.74, 6) is 0.327. The lowest BCUT2D eigenvalue weighted by molar-refractivity contribution is 0.102. The van der Waals surface area contributed by atoms with Gasteiger partial charge >= 0.3 is 0 Å². The molecule has 172 valence electrons. The molecule has 0 bridgehead atoms.